The van der Waals surface area contributed by atoms with Crippen LogP contribution in [0, 0.1) is 12.7 Å². The van der Waals surface area contributed by atoms with Crippen molar-refractivity contribution in [3.63, 3.8) is 0 Å². The average molecular weight is 449 g/mol. The monoisotopic (exact) mass is 449 g/mol. The predicted molar refractivity (Wildman–Crippen MR) is 123 cm³/mol. The van der Waals surface area contributed by atoms with Gasteiger partial charge in [0, 0.05) is 32.2 Å². The molecule has 8 heteroatoms. The topological polar surface area (TPSA) is 86.3 Å². The van der Waals surface area contributed by atoms with E-state index < -0.39 is 11.2 Å². The van der Waals surface area contributed by atoms with Gasteiger partial charge in [-0.05, 0) is 43.2 Å². The highest BCUT2D eigenvalue weighted by atomic mass is 19.1. The van der Waals surface area contributed by atoms with Crippen LogP contribution in [0.1, 0.15) is 23.1 Å². The van der Waals surface area contributed by atoms with E-state index in [2.05, 4.69) is 4.98 Å². The summed E-state index contributed by atoms with van der Waals surface area (Å²) in [6.45, 7) is 1.90. The minimum absolute atomic E-state index is 0.0803. The van der Waals surface area contributed by atoms with Crippen LogP contribution in [0.25, 0.3) is 11.0 Å². The van der Waals surface area contributed by atoms with Gasteiger partial charge in [0.15, 0.2) is 0 Å². The lowest BCUT2D eigenvalue weighted by Gasteiger charge is -2.16. The lowest BCUT2D eigenvalue weighted by atomic mass is 10.0. The summed E-state index contributed by atoms with van der Waals surface area (Å²) in [5.41, 5.74) is 1.62. The molecule has 4 aromatic rings. The first-order chi connectivity index (χ1) is 15.9. The zero-order chi connectivity index (χ0) is 23.5. The van der Waals surface area contributed by atoms with E-state index in [-0.39, 0.29) is 42.8 Å². The summed E-state index contributed by atoms with van der Waals surface area (Å²) in [6.07, 6.45) is 2.03. The maximum atomic E-state index is 13.5. The molecule has 0 unspecified atom stereocenters. The Hall–Kier alpha value is -3.78. The summed E-state index contributed by atoms with van der Waals surface area (Å²) in [5.74, 6) is 0.593. The number of halogens is 1. The number of aliphatic hydroxyl groups excluding tert-OH is 1. The van der Waals surface area contributed by atoms with Crippen molar-refractivity contribution in [2.24, 2.45) is 7.05 Å². The Morgan fingerprint density at radius 2 is 1.76 bits per heavy atom. The van der Waals surface area contributed by atoms with Crippen LogP contribution < -0.4 is 16.0 Å². The molecule has 0 aliphatic carbocycles. The van der Waals surface area contributed by atoms with Crippen molar-refractivity contribution in [2.75, 3.05) is 6.61 Å². The maximum Gasteiger partial charge on any atom is 0.332 e. The molecule has 0 aliphatic rings. The van der Waals surface area contributed by atoms with Crippen LogP contribution in [0.3, 0.4) is 0 Å². The van der Waals surface area contributed by atoms with Gasteiger partial charge in [0.25, 0.3) is 5.56 Å². The number of aryl methyl sites for hydroxylation is 2. The number of benzene rings is 2. The van der Waals surface area contributed by atoms with Crippen LogP contribution in [0.2, 0.25) is 0 Å². The molecule has 0 spiro atoms. The minimum atomic E-state index is -0.506. The molecule has 2 aromatic carbocycles. The number of fused-ring (bicyclic) bond motifs is 1. The van der Waals surface area contributed by atoms with Gasteiger partial charge in [-0.3, -0.25) is 13.9 Å². The first kappa shape index (κ1) is 22.4. The smallest absolute Gasteiger partial charge is 0.332 e. The molecule has 0 atom stereocenters. The lowest BCUT2D eigenvalue weighted by Crippen LogP contribution is -2.40. The summed E-state index contributed by atoms with van der Waals surface area (Å²) in [7, 11) is 1.55. The third kappa shape index (κ3) is 4.56. The average Bonchev–Trinajstić information content (AvgIpc) is 2.81. The standard InChI is InChI=1S/C25H24FN3O4/c1-16-4-10-19(11-5-16)33-21-15-27-23-22(20(21)14-17-6-8-18(26)9-7-17)24(31)29(12-3-13-30)25(32)28(23)2/h4-11,15,30H,3,12-14H2,1-2H3. The SMILES string of the molecule is Cc1ccc(Oc2cnc3c(c2Cc2ccc(F)cc2)c(=O)n(CCCO)c(=O)n3C)cc1. The number of aliphatic hydroxyl groups is 1. The number of aromatic nitrogens is 3. The van der Waals surface area contributed by atoms with E-state index in [1.807, 2.05) is 31.2 Å². The molecule has 33 heavy (non-hydrogen) atoms. The number of hydrogen-bond acceptors (Lipinski definition) is 5. The molecule has 0 aliphatic heterocycles. The van der Waals surface area contributed by atoms with Crippen molar-refractivity contribution < 1.29 is 14.2 Å². The second-order valence-corrected chi connectivity index (χ2v) is 7.89. The number of pyridine rings is 1. The fourth-order valence-corrected chi connectivity index (χ4v) is 3.72. The van der Waals surface area contributed by atoms with Crippen LogP contribution in [0.5, 0.6) is 11.5 Å². The molecule has 4 rings (SSSR count). The van der Waals surface area contributed by atoms with Gasteiger partial charge in [-0.25, -0.2) is 14.2 Å². The maximum absolute atomic E-state index is 13.5. The van der Waals surface area contributed by atoms with E-state index in [0.717, 1.165) is 15.7 Å². The molecular weight excluding hydrogens is 425 g/mol. The van der Waals surface area contributed by atoms with Gasteiger partial charge in [-0.15, -0.1) is 0 Å². The molecule has 0 saturated carbocycles. The van der Waals surface area contributed by atoms with Gasteiger partial charge >= 0.3 is 5.69 Å². The van der Waals surface area contributed by atoms with Gasteiger partial charge in [-0.1, -0.05) is 29.8 Å². The summed E-state index contributed by atoms with van der Waals surface area (Å²) >= 11 is 0. The molecular formula is C25H24FN3O4. The van der Waals surface area contributed by atoms with Gasteiger partial charge in [0.1, 0.15) is 23.0 Å². The molecule has 0 radical (unpaired) electrons. The van der Waals surface area contributed by atoms with Crippen LogP contribution in [-0.2, 0) is 20.0 Å². The third-order valence-corrected chi connectivity index (χ3v) is 5.50. The van der Waals surface area contributed by atoms with Crippen LogP contribution in [0.4, 0.5) is 4.39 Å². The van der Waals surface area contributed by atoms with Gasteiger partial charge in [0.05, 0.1) is 11.6 Å². The van der Waals surface area contributed by atoms with Crippen molar-refractivity contribution in [3.8, 4) is 11.5 Å². The van der Waals surface area contributed by atoms with Crippen LogP contribution >= 0.6 is 0 Å². The highest BCUT2D eigenvalue weighted by molar-refractivity contribution is 5.81. The Kier molecular flexibility index (Phi) is 6.37. The van der Waals surface area contributed by atoms with Crippen molar-refractivity contribution in [3.05, 3.63) is 98.1 Å². The highest BCUT2D eigenvalue weighted by Crippen LogP contribution is 2.30. The normalized spacial score (nSPS) is 11.2. The van der Waals surface area contributed by atoms with Crippen LogP contribution in [0.15, 0.2) is 64.3 Å². The fourth-order valence-electron chi connectivity index (χ4n) is 3.72. The quantitative estimate of drug-likeness (QED) is 0.468. The van der Waals surface area contributed by atoms with Gasteiger partial charge < -0.3 is 9.84 Å². The van der Waals surface area contributed by atoms with Crippen molar-refractivity contribution in [1.82, 2.24) is 14.1 Å². The summed E-state index contributed by atoms with van der Waals surface area (Å²) < 4.78 is 22.0. The largest absolute Gasteiger partial charge is 0.455 e. The molecule has 2 aromatic heterocycles. The Morgan fingerprint density at radius 3 is 2.42 bits per heavy atom. The predicted octanol–water partition coefficient (Wildman–Crippen LogP) is 3.31. The minimum Gasteiger partial charge on any atom is -0.455 e. The Balaban J connectivity index is 1.95. The number of ether oxygens (including phenoxy) is 1. The van der Waals surface area contributed by atoms with Gasteiger partial charge in [0.2, 0.25) is 0 Å². The van der Waals surface area contributed by atoms with E-state index in [4.69, 9.17) is 4.74 Å². The Labute approximate surface area is 189 Å². The van der Waals surface area contributed by atoms with Crippen molar-refractivity contribution in [2.45, 2.75) is 26.3 Å². The molecule has 1 N–H and O–H groups in total. The van der Waals surface area contributed by atoms with E-state index >= 15 is 0 Å². The van der Waals surface area contributed by atoms with Gasteiger partial charge in [-0.2, -0.15) is 0 Å². The van der Waals surface area contributed by atoms with Crippen molar-refractivity contribution in [1.29, 1.82) is 0 Å². The molecule has 2 heterocycles. The molecule has 7 nitrogen and oxygen atoms in total. The number of hydrogen-bond donors (Lipinski definition) is 1. The van der Waals surface area contributed by atoms with Crippen molar-refractivity contribution >= 4 is 11.0 Å². The highest BCUT2D eigenvalue weighted by Gasteiger charge is 2.20. The summed E-state index contributed by atoms with van der Waals surface area (Å²) in [6, 6.07) is 13.5. The zero-order valence-electron chi connectivity index (χ0n) is 18.4. The fraction of sp³-hybridized carbons (Fsp3) is 0.240. The lowest BCUT2D eigenvalue weighted by molar-refractivity contribution is 0.277. The first-order valence-electron chi connectivity index (χ1n) is 10.6. The first-order valence-corrected chi connectivity index (χ1v) is 10.6. The molecule has 0 fully saturated rings. The molecule has 0 saturated heterocycles. The van der Waals surface area contributed by atoms with E-state index in [1.54, 1.807) is 19.2 Å². The Bertz CT molecular complexity index is 1410. The second kappa shape index (κ2) is 9.38. The molecule has 0 bridgehead atoms. The number of rotatable bonds is 7. The number of nitrogens with zero attached hydrogens (tertiary/aromatic N) is 3. The van der Waals surface area contributed by atoms with E-state index in [1.165, 1.54) is 22.9 Å². The van der Waals surface area contributed by atoms with E-state index in [9.17, 15) is 19.1 Å². The zero-order valence-corrected chi connectivity index (χ0v) is 18.4. The molecule has 170 valence electrons. The summed E-state index contributed by atoms with van der Waals surface area (Å²) in [4.78, 5) is 30.6. The van der Waals surface area contributed by atoms with E-state index in [0.29, 0.717) is 17.1 Å². The third-order valence-electron chi connectivity index (χ3n) is 5.50. The molecule has 0 amide bonds. The second-order valence-electron chi connectivity index (χ2n) is 7.89. The van der Waals surface area contributed by atoms with Crippen LogP contribution in [-0.4, -0.2) is 25.8 Å². The summed E-state index contributed by atoms with van der Waals surface area (Å²) in [5, 5.41) is 9.46. The Morgan fingerprint density at radius 1 is 1.06 bits per heavy atom.